The van der Waals surface area contributed by atoms with E-state index in [1.807, 2.05) is 31.2 Å². The first-order valence-corrected chi connectivity index (χ1v) is 5.26. The maximum absolute atomic E-state index is 7.52. The predicted molar refractivity (Wildman–Crippen MR) is 64.8 cm³/mol. The number of hydrogen-bond acceptors (Lipinski definition) is 2. The summed E-state index contributed by atoms with van der Waals surface area (Å²) in [6.07, 6.45) is 0. The molecule has 0 aliphatic heterocycles. The normalized spacial score (nSPS) is 9.00. The van der Waals surface area contributed by atoms with Crippen LogP contribution in [0.25, 0.3) is 0 Å². The molecule has 0 amide bonds. The van der Waals surface area contributed by atoms with Crippen LogP contribution >= 0.6 is 28.3 Å². The van der Waals surface area contributed by atoms with E-state index in [1.165, 1.54) is 5.56 Å². The van der Waals surface area contributed by atoms with Gasteiger partial charge in [-0.15, -0.1) is 12.4 Å². The van der Waals surface area contributed by atoms with Gasteiger partial charge < -0.3 is 4.74 Å². The molecule has 1 rings (SSSR count). The molecule has 0 aliphatic rings. The van der Waals surface area contributed by atoms with E-state index >= 15 is 0 Å². The summed E-state index contributed by atoms with van der Waals surface area (Å²) in [5.41, 5.74) is 2.03. The minimum absolute atomic E-state index is 0. The molecule has 1 aromatic rings. The minimum Gasteiger partial charge on any atom is -0.478 e. The molecule has 0 spiro atoms. The zero-order chi connectivity index (χ0) is 9.68. The highest BCUT2D eigenvalue weighted by molar-refractivity contribution is 9.08. The quantitative estimate of drug-likeness (QED) is 0.513. The number of benzene rings is 1. The molecule has 1 aromatic carbocycles. The fourth-order valence-electron chi connectivity index (χ4n) is 0.973. The van der Waals surface area contributed by atoms with Gasteiger partial charge in [-0.25, -0.2) is 0 Å². The summed E-state index contributed by atoms with van der Waals surface area (Å²) in [6.45, 7) is 2.42. The van der Waals surface area contributed by atoms with Gasteiger partial charge in [0, 0.05) is 10.9 Å². The van der Waals surface area contributed by atoms with E-state index < -0.39 is 0 Å². The van der Waals surface area contributed by atoms with Gasteiger partial charge in [0.1, 0.15) is 0 Å². The first-order valence-electron chi connectivity index (χ1n) is 4.14. The van der Waals surface area contributed by atoms with Crippen LogP contribution in [0.5, 0.6) is 0 Å². The van der Waals surface area contributed by atoms with E-state index in [4.69, 9.17) is 10.1 Å². The third-order valence-electron chi connectivity index (χ3n) is 1.66. The van der Waals surface area contributed by atoms with Crippen LogP contribution in [-0.4, -0.2) is 12.5 Å². The molecule has 4 heteroatoms. The lowest BCUT2D eigenvalue weighted by Gasteiger charge is -2.04. The van der Waals surface area contributed by atoms with Gasteiger partial charge in [-0.3, -0.25) is 5.41 Å². The van der Waals surface area contributed by atoms with Crippen molar-refractivity contribution in [3.63, 3.8) is 0 Å². The van der Waals surface area contributed by atoms with Crippen molar-refractivity contribution >= 4 is 34.2 Å². The van der Waals surface area contributed by atoms with Crippen molar-refractivity contribution in [3.05, 3.63) is 35.4 Å². The van der Waals surface area contributed by atoms with E-state index in [0.717, 1.165) is 10.9 Å². The van der Waals surface area contributed by atoms with Crippen molar-refractivity contribution in [2.45, 2.75) is 12.3 Å². The third kappa shape index (κ3) is 3.68. The van der Waals surface area contributed by atoms with Gasteiger partial charge in [0.05, 0.1) is 6.61 Å². The summed E-state index contributed by atoms with van der Waals surface area (Å²) in [5, 5.41) is 8.37. The third-order valence-corrected chi connectivity index (χ3v) is 2.31. The summed E-state index contributed by atoms with van der Waals surface area (Å²) in [7, 11) is 0. The Balaban J connectivity index is 0.00000169. The zero-order valence-corrected chi connectivity index (χ0v) is 10.3. The van der Waals surface area contributed by atoms with Gasteiger partial charge >= 0.3 is 0 Å². The number of nitrogens with one attached hydrogen (secondary N) is 1. The van der Waals surface area contributed by atoms with E-state index in [2.05, 4.69) is 15.9 Å². The Kier molecular flexibility index (Phi) is 6.58. The van der Waals surface area contributed by atoms with Crippen LogP contribution < -0.4 is 0 Å². The highest BCUT2D eigenvalue weighted by atomic mass is 79.9. The van der Waals surface area contributed by atoms with Crippen LogP contribution in [0.2, 0.25) is 0 Å². The lowest BCUT2D eigenvalue weighted by atomic mass is 10.1. The maximum atomic E-state index is 7.52. The second-order valence-corrected chi connectivity index (χ2v) is 3.15. The fourth-order valence-corrected chi connectivity index (χ4v) is 1.35. The Morgan fingerprint density at radius 3 is 2.36 bits per heavy atom. The first-order chi connectivity index (χ1) is 6.27. The Morgan fingerprint density at radius 2 is 1.93 bits per heavy atom. The summed E-state index contributed by atoms with van der Waals surface area (Å²) >= 11 is 3.36. The molecule has 0 radical (unpaired) electrons. The average molecular weight is 279 g/mol. The number of hydrogen-bond donors (Lipinski definition) is 1. The van der Waals surface area contributed by atoms with Crippen LogP contribution in [0.3, 0.4) is 0 Å². The Hall–Kier alpha value is -0.540. The van der Waals surface area contributed by atoms with Gasteiger partial charge in [0.25, 0.3) is 0 Å². The van der Waals surface area contributed by atoms with Crippen LogP contribution in [0.15, 0.2) is 24.3 Å². The number of rotatable bonds is 3. The Bertz CT molecular complexity index is 287. The van der Waals surface area contributed by atoms with E-state index in [0.29, 0.717) is 6.61 Å². The van der Waals surface area contributed by atoms with Crippen molar-refractivity contribution in [1.29, 1.82) is 5.41 Å². The molecule has 0 aromatic heterocycles. The van der Waals surface area contributed by atoms with Crippen molar-refractivity contribution in [1.82, 2.24) is 0 Å². The minimum atomic E-state index is 0. The molecular formula is C10H13BrClNO. The molecule has 2 nitrogen and oxygen atoms in total. The maximum Gasteiger partial charge on any atom is 0.213 e. The number of halogens is 2. The smallest absolute Gasteiger partial charge is 0.213 e. The Morgan fingerprint density at radius 1 is 1.36 bits per heavy atom. The largest absolute Gasteiger partial charge is 0.478 e. The number of ether oxygens (including phenoxy) is 1. The molecule has 0 bridgehead atoms. The molecule has 0 atom stereocenters. The van der Waals surface area contributed by atoms with E-state index in [1.54, 1.807) is 0 Å². The second kappa shape index (κ2) is 6.85. The van der Waals surface area contributed by atoms with E-state index in [-0.39, 0.29) is 18.3 Å². The number of alkyl halides is 1. The average Bonchev–Trinajstić information content (AvgIpc) is 2.18. The predicted octanol–water partition coefficient (Wildman–Crippen LogP) is 3.37. The first kappa shape index (κ1) is 13.5. The van der Waals surface area contributed by atoms with Gasteiger partial charge in [-0.1, -0.05) is 28.1 Å². The molecule has 0 saturated carbocycles. The Labute approximate surface area is 98.7 Å². The molecule has 0 fully saturated rings. The molecule has 0 saturated heterocycles. The summed E-state index contributed by atoms with van der Waals surface area (Å²) in [6, 6.07) is 7.76. The lowest BCUT2D eigenvalue weighted by Crippen LogP contribution is -2.04. The summed E-state index contributed by atoms with van der Waals surface area (Å²) in [5.74, 6) is 0.239. The fraction of sp³-hybridized carbons (Fsp3) is 0.300. The van der Waals surface area contributed by atoms with Gasteiger partial charge in [-0.2, -0.15) is 0 Å². The van der Waals surface area contributed by atoms with Crippen molar-refractivity contribution in [2.24, 2.45) is 0 Å². The molecular weight excluding hydrogens is 265 g/mol. The topological polar surface area (TPSA) is 33.1 Å². The molecule has 0 heterocycles. The van der Waals surface area contributed by atoms with Crippen molar-refractivity contribution in [3.8, 4) is 0 Å². The highest BCUT2D eigenvalue weighted by Gasteiger charge is 2.00. The van der Waals surface area contributed by atoms with Crippen LogP contribution in [0.4, 0.5) is 0 Å². The van der Waals surface area contributed by atoms with Crippen LogP contribution in [0.1, 0.15) is 18.1 Å². The molecule has 0 aliphatic carbocycles. The van der Waals surface area contributed by atoms with Crippen LogP contribution in [0, 0.1) is 5.41 Å². The monoisotopic (exact) mass is 277 g/mol. The molecule has 1 N–H and O–H groups in total. The highest BCUT2D eigenvalue weighted by Crippen LogP contribution is 2.08. The van der Waals surface area contributed by atoms with E-state index in [9.17, 15) is 0 Å². The van der Waals surface area contributed by atoms with Crippen LogP contribution in [-0.2, 0) is 10.1 Å². The second-order valence-electron chi connectivity index (χ2n) is 2.59. The standard InChI is InChI=1S/C10H12BrNO.ClH/c1-2-13-10(12)9-5-3-8(7-11)4-6-9;/h3-6,12H,2,7H2,1H3;1H. The van der Waals surface area contributed by atoms with Gasteiger partial charge in [0.15, 0.2) is 0 Å². The van der Waals surface area contributed by atoms with Gasteiger partial charge in [-0.05, 0) is 24.6 Å². The molecule has 0 unspecified atom stereocenters. The molecule has 14 heavy (non-hydrogen) atoms. The van der Waals surface area contributed by atoms with Gasteiger partial charge in [0.2, 0.25) is 5.90 Å². The zero-order valence-electron chi connectivity index (χ0n) is 7.92. The summed E-state index contributed by atoms with van der Waals surface area (Å²) < 4.78 is 5.07. The van der Waals surface area contributed by atoms with Crippen molar-refractivity contribution in [2.75, 3.05) is 6.61 Å². The SMILES string of the molecule is CCOC(=N)c1ccc(CBr)cc1.Cl. The molecule has 78 valence electrons. The summed E-state index contributed by atoms with van der Waals surface area (Å²) in [4.78, 5) is 0. The lowest BCUT2D eigenvalue weighted by molar-refractivity contribution is 0.325. The van der Waals surface area contributed by atoms with Crippen molar-refractivity contribution < 1.29 is 4.74 Å².